The Bertz CT molecular complexity index is 649. The second-order valence-corrected chi connectivity index (χ2v) is 5.73. The molecule has 1 aliphatic heterocycles. The maximum Gasteiger partial charge on any atom is 0.163 e. The van der Waals surface area contributed by atoms with Gasteiger partial charge in [-0.2, -0.15) is 0 Å². The first kappa shape index (κ1) is 12.6. The third kappa shape index (κ3) is 2.82. The van der Waals surface area contributed by atoms with Crippen molar-refractivity contribution >= 4 is 5.69 Å². The third-order valence-electron chi connectivity index (χ3n) is 4.04. The number of fused-ring (bicyclic) bond motifs is 1. The molecule has 1 aliphatic carbocycles. The van der Waals surface area contributed by atoms with Crippen LogP contribution in [0.1, 0.15) is 29.9 Å². The molecule has 0 aromatic heterocycles. The molecule has 3 nitrogen and oxygen atoms in total. The number of ether oxygens (including phenoxy) is 2. The van der Waals surface area contributed by atoms with Crippen LogP contribution < -0.4 is 14.8 Å². The molecule has 2 aromatic carbocycles. The molecular formula is C18H19NO2. The number of nitrogens with one attached hydrogen (secondary N) is 1. The van der Waals surface area contributed by atoms with Gasteiger partial charge in [0.2, 0.25) is 0 Å². The van der Waals surface area contributed by atoms with Crippen molar-refractivity contribution in [3.63, 3.8) is 0 Å². The summed E-state index contributed by atoms with van der Waals surface area (Å²) in [6.07, 6.45) is 2.69. The van der Waals surface area contributed by atoms with E-state index in [1.807, 2.05) is 18.2 Å². The number of hydrogen-bond acceptors (Lipinski definition) is 3. The van der Waals surface area contributed by atoms with Crippen LogP contribution in [0.25, 0.3) is 0 Å². The molecule has 0 radical (unpaired) electrons. The van der Waals surface area contributed by atoms with Crippen molar-refractivity contribution in [2.45, 2.75) is 25.3 Å². The molecule has 0 unspecified atom stereocenters. The van der Waals surface area contributed by atoms with E-state index in [-0.39, 0.29) is 0 Å². The summed E-state index contributed by atoms with van der Waals surface area (Å²) in [6.45, 7) is 2.09. The Morgan fingerprint density at radius 1 is 0.952 bits per heavy atom. The van der Waals surface area contributed by atoms with Crippen molar-refractivity contribution in [1.82, 2.24) is 0 Å². The zero-order valence-electron chi connectivity index (χ0n) is 12.0. The van der Waals surface area contributed by atoms with Crippen molar-refractivity contribution < 1.29 is 9.47 Å². The molecule has 21 heavy (non-hydrogen) atoms. The van der Waals surface area contributed by atoms with Gasteiger partial charge in [0, 0.05) is 18.3 Å². The standard InChI is InChI=1S/C18H19NO2/c1-2-13(10-15(3-1)14-4-5-14)12-19-16-6-7-17-18(11-16)21-9-8-20-17/h1-3,6-7,10-11,14,19H,4-5,8-9,12H2. The first-order chi connectivity index (χ1) is 10.4. The van der Waals surface area contributed by atoms with Crippen molar-refractivity contribution in [3.05, 3.63) is 53.6 Å². The first-order valence-corrected chi connectivity index (χ1v) is 7.61. The summed E-state index contributed by atoms with van der Waals surface area (Å²) < 4.78 is 11.1. The molecule has 1 saturated carbocycles. The fraction of sp³-hybridized carbons (Fsp3) is 0.333. The van der Waals surface area contributed by atoms with Gasteiger partial charge in [0.25, 0.3) is 0 Å². The van der Waals surface area contributed by atoms with Crippen molar-refractivity contribution in [1.29, 1.82) is 0 Å². The van der Waals surface area contributed by atoms with Crippen molar-refractivity contribution in [2.24, 2.45) is 0 Å². The zero-order valence-corrected chi connectivity index (χ0v) is 12.0. The molecule has 0 amide bonds. The third-order valence-corrected chi connectivity index (χ3v) is 4.04. The van der Waals surface area contributed by atoms with E-state index < -0.39 is 0 Å². The second kappa shape index (κ2) is 5.32. The van der Waals surface area contributed by atoms with E-state index in [4.69, 9.17) is 9.47 Å². The molecule has 1 N–H and O–H groups in total. The van der Waals surface area contributed by atoms with Gasteiger partial charge in [-0.05, 0) is 42.0 Å². The molecule has 0 atom stereocenters. The Morgan fingerprint density at radius 3 is 2.67 bits per heavy atom. The summed E-state index contributed by atoms with van der Waals surface area (Å²) in [4.78, 5) is 0. The minimum Gasteiger partial charge on any atom is -0.486 e. The Labute approximate surface area is 124 Å². The van der Waals surface area contributed by atoms with Gasteiger partial charge < -0.3 is 14.8 Å². The van der Waals surface area contributed by atoms with Crippen LogP contribution in [0.4, 0.5) is 5.69 Å². The minimum absolute atomic E-state index is 0.625. The van der Waals surface area contributed by atoms with E-state index in [0.717, 1.165) is 29.6 Å². The van der Waals surface area contributed by atoms with Crippen molar-refractivity contribution in [3.8, 4) is 11.5 Å². The van der Waals surface area contributed by atoms with Gasteiger partial charge >= 0.3 is 0 Å². The fourth-order valence-corrected chi connectivity index (χ4v) is 2.73. The summed E-state index contributed by atoms with van der Waals surface area (Å²) in [5.74, 6) is 2.47. The number of rotatable bonds is 4. The van der Waals surface area contributed by atoms with E-state index in [9.17, 15) is 0 Å². The van der Waals surface area contributed by atoms with Gasteiger partial charge in [-0.3, -0.25) is 0 Å². The molecule has 0 spiro atoms. The van der Waals surface area contributed by atoms with E-state index in [2.05, 4.69) is 29.6 Å². The van der Waals surface area contributed by atoms with Gasteiger partial charge in [0.05, 0.1) is 0 Å². The second-order valence-electron chi connectivity index (χ2n) is 5.73. The zero-order chi connectivity index (χ0) is 14.1. The van der Waals surface area contributed by atoms with Crippen LogP contribution in [0.15, 0.2) is 42.5 Å². The Balaban J connectivity index is 1.45. The van der Waals surface area contributed by atoms with E-state index in [1.54, 1.807) is 0 Å². The van der Waals surface area contributed by atoms with Crippen LogP contribution in [0.3, 0.4) is 0 Å². The van der Waals surface area contributed by atoms with Gasteiger partial charge in [0.1, 0.15) is 13.2 Å². The lowest BCUT2D eigenvalue weighted by Crippen LogP contribution is -2.15. The lowest BCUT2D eigenvalue weighted by atomic mass is 10.1. The molecule has 3 heteroatoms. The quantitative estimate of drug-likeness (QED) is 0.920. The highest BCUT2D eigenvalue weighted by Gasteiger charge is 2.23. The molecule has 2 aliphatic rings. The van der Waals surface area contributed by atoms with Crippen LogP contribution in [0.5, 0.6) is 11.5 Å². The number of anilines is 1. The SMILES string of the molecule is c1cc(CNc2ccc3c(c2)OCCO3)cc(C2CC2)c1. The average Bonchev–Trinajstić information content (AvgIpc) is 3.38. The lowest BCUT2D eigenvalue weighted by molar-refractivity contribution is 0.171. The normalized spacial score (nSPS) is 16.6. The van der Waals surface area contributed by atoms with Gasteiger partial charge in [-0.25, -0.2) is 0 Å². The predicted octanol–water partition coefficient (Wildman–Crippen LogP) is 3.95. The molecule has 0 saturated heterocycles. The smallest absolute Gasteiger partial charge is 0.163 e. The van der Waals surface area contributed by atoms with Crippen molar-refractivity contribution in [2.75, 3.05) is 18.5 Å². The topological polar surface area (TPSA) is 30.5 Å². The number of hydrogen-bond donors (Lipinski definition) is 1. The summed E-state index contributed by atoms with van der Waals surface area (Å²) in [5.41, 5.74) is 3.88. The molecular weight excluding hydrogens is 262 g/mol. The molecule has 0 bridgehead atoms. The lowest BCUT2D eigenvalue weighted by Gasteiger charge is -2.19. The highest BCUT2D eigenvalue weighted by molar-refractivity contribution is 5.55. The van der Waals surface area contributed by atoms with Crippen LogP contribution in [-0.2, 0) is 6.54 Å². The van der Waals surface area contributed by atoms with Crippen LogP contribution in [-0.4, -0.2) is 13.2 Å². The Morgan fingerprint density at radius 2 is 1.81 bits per heavy atom. The monoisotopic (exact) mass is 281 g/mol. The van der Waals surface area contributed by atoms with Crippen LogP contribution >= 0.6 is 0 Å². The average molecular weight is 281 g/mol. The maximum atomic E-state index is 5.61. The minimum atomic E-state index is 0.625. The molecule has 1 heterocycles. The molecule has 108 valence electrons. The van der Waals surface area contributed by atoms with Gasteiger partial charge in [0.15, 0.2) is 11.5 Å². The summed E-state index contributed by atoms with van der Waals surface area (Å²) in [6, 6.07) is 14.9. The van der Waals surface area contributed by atoms with E-state index >= 15 is 0 Å². The summed E-state index contributed by atoms with van der Waals surface area (Å²) in [5, 5.41) is 3.46. The summed E-state index contributed by atoms with van der Waals surface area (Å²) in [7, 11) is 0. The summed E-state index contributed by atoms with van der Waals surface area (Å²) >= 11 is 0. The molecule has 2 aromatic rings. The highest BCUT2D eigenvalue weighted by atomic mass is 16.6. The molecule has 1 fully saturated rings. The maximum absolute atomic E-state index is 5.61. The van der Waals surface area contributed by atoms with Crippen LogP contribution in [0.2, 0.25) is 0 Å². The largest absolute Gasteiger partial charge is 0.486 e. The van der Waals surface area contributed by atoms with Gasteiger partial charge in [-0.1, -0.05) is 24.3 Å². The van der Waals surface area contributed by atoms with E-state index in [1.165, 1.54) is 24.0 Å². The van der Waals surface area contributed by atoms with Crippen LogP contribution in [0, 0.1) is 0 Å². The van der Waals surface area contributed by atoms with Gasteiger partial charge in [-0.15, -0.1) is 0 Å². The van der Waals surface area contributed by atoms with E-state index in [0.29, 0.717) is 13.2 Å². The number of benzene rings is 2. The fourth-order valence-electron chi connectivity index (χ4n) is 2.73. The Kier molecular flexibility index (Phi) is 3.18. The Hall–Kier alpha value is -2.16. The molecule has 4 rings (SSSR count). The first-order valence-electron chi connectivity index (χ1n) is 7.61. The predicted molar refractivity (Wildman–Crippen MR) is 83.2 cm³/mol. The highest BCUT2D eigenvalue weighted by Crippen LogP contribution is 2.40.